The maximum atomic E-state index is 12.7. The third kappa shape index (κ3) is 10.1. The Bertz CT molecular complexity index is 1240. The Morgan fingerprint density at radius 3 is 2.24 bits per heavy atom. The van der Waals surface area contributed by atoms with Gasteiger partial charge in [0, 0.05) is 18.8 Å². The molecule has 1 aromatic rings. The number of carbonyl (C=O) groups is 2. The largest absolute Gasteiger partial charge is 0.479 e. The first-order valence-corrected chi connectivity index (χ1v) is 17.7. The SMILES string of the molecule is CC1OC(OC2C(CNC(=O)Nc3ccccc3)OCCC2OC2OC(CO)C(O)C(OC(CC3CCCCC3)C(=O)O)C2O)C(O)C(O)C1O. The third-order valence-corrected chi connectivity index (χ3v) is 10.1. The molecule has 5 rings (SSSR count). The van der Waals surface area contributed by atoms with Gasteiger partial charge < -0.3 is 74.8 Å². The van der Waals surface area contributed by atoms with Gasteiger partial charge in [-0.3, -0.25) is 0 Å². The van der Waals surface area contributed by atoms with Gasteiger partial charge in [0.1, 0.15) is 54.9 Å². The second kappa shape index (κ2) is 18.5. The number of amides is 2. The Morgan fingerprint density at radius 2 is 1.55 bits per heavy atom. The molecule has 0 bridgehead atoms. The average molecular weight is 729 g/mol. The molecular formula is C34H52N2O15. The number of rotatable bonds is 13. The summed E-state index contributed by atoms with van der Waals surface area (Å²) in [5.74, 6) is -1.14. The second-order valence-corrected chi connectivity index (χ2v) is 13.7. The van der Waals surface area contributed by atoms with E-state index in [9.17, 15) is 45.3 Å². The number of ether oxygens (including phenoxy) is 6. The van der Waals surface area contributed by atoms with E-state index in [1.807, 2.05) is 0 Å². The molecule has 17 heteroatoms. The molecule has 3 heterocycles. The topological polar surface area (TPSA) is 255 Å². The molecular weight excluding hydrogens is 676 g/mol. The second-order valence-electron chi connectivity index (χ2n) is 13.7. The van der Waals surface area contributed by atoms with Gasteiger partial charge in [-0.15, -0.1) is 0 Å². The molecule has 14 unspecified atom stereocenters. The molecule has 3 saturated heterocycles. The number of carboxylic acids is 1. The number of nitrogens with one attached hydrogen (secondary N) is 2. The van der Waals surface area contributed by atoms with Gasteiger partial charge in [0.05, 0.1) is 18.8 Å². The standard InChI is InChI=1S/C34H52N2O15/c1-17-24(38)26(40)27(41)32(47-17)51-29-20(12-13-46-22(29)15-35-34(45)36-19-10-6-3-7-11-19)49-33-28(42)30(25(39)23(16-37)50-33)48-21(31(43)44)14-18-8-4-2-5-9-18/h3,6-7,10-11,17-18,20-30,32-33,37-42H,2,4-5,8-9,12-16H2,1H3,(H,43,44)(H2,35,36,45). The van der Waals surface area contributed by atoms with Crippen LogP contribution in [0.15, 0.2) is 30.3 Å². The number of anilines is 1. The fourth-order valence-electron chi connectivity index (χ4n) is 7.13. The van der Waals surface area contributed by atoms with E-state index in [1.54, 1.807) is 30.3 Å². The molecule has 9 N–H and O–H groups in total. The molecule has 288 valence electrons. The van der Waals surface area contributed by atoms with E-state index in [-0.39, 0.29) is 31.9 Å². The van der Waals surface area contributed by atoms with Crippen molar-refractivity contribution in [1.82, 2.24) is 5.32 Å². The van der Waals surface area contributed by atoms with Gasteiger partial charge in [-0.05, 0) is 37.8 Å². The summed E-state index contributed by atoms with van der Waals surface area (Å²) in [5.41, 5.74) is 0.540. The molecule has 0 aromatic heterocycles. The minimum absolute atomic E-state index is 0.0836. The van der Waals surface area contributed by atoms with Crippen molar-refractivity contribution in [2.45, 2.75) is 138 Å². The first kappa shape index (κ1) is 39.7. The van der Waals surface area contributed by atoms with Crippen LogP contribution in [0.4, 0.5) is 10.5 Å². The molecule has 3 aliphatic heterocycles. The van der Waals surface area contributed by atoms with Gasteiger partial charge in [0.15, 0.2) is 18.7 Å². The van der Waals surface area contributed by atoms with Crippen molar-refractivity contribution in [2.75, 3.05) is 25.1 Å². The van der Waals surface area contributed by atoms with Crippen LogP contribution in [0.3, 0.4) is 0 Å². The van der Waals surface area contributed by atoms with Crippen molar-refractivity contribution in [2.24, 2.45) is 5.92 Å². The van der Waals surface area contributed by atoms with Crippen LogP contribution in [-0.4, -0.2) is 153 Å². The highest BCUT2D eigenvalue weighted by Crippen LogP contribution is 2.34. The Labute approximate surface area is 295 Å². The first-order valence-electron chi connectivity index (χ1n) is 17.7. The summed E-state index contributed by atoms with van der Waals surface area (Å²) in [5, 5.41) is 79.3. The highest BCUT2D eigenvalue weighted by Gasteiger charge is 2.51. The molecule has 51 heavy (non-hydrogen) atoms. The maximum Gasteiger partial charge on any atom is 0.332 e. The van der Waals surface area contributed by atoms with Gasteiger partial charge in [-0.2, -0.15) is 0 Å². The van der Waals surface area contributed by atoms with E-state index in [2.05, 4.69) is 10.6 Å². The predicted molar refractivity (Wildman–Crippen MR) is 175 cm³/mol. The number of carbonyl (C=O) groups excluding carboxylic acids is 1. The normalized spacial score (nSPS) is 38.5. The fraction of sp³-hybridized carbons (Fsp3) is 0.765. The zero-order valence-electron chi connectivity index (χ0n) is 28.5. The van der Waals surface area contributed by atoms with E-state index in [1.165, 1.54) is 6.92 Å². The summed E-state index contributed by atoms with van der Waals surface area (Å²) < 4.78 is 35.7. The van der Waals surface area contributed by atoms with E-state index >= 15 is 0 Å². The van der Waals surface area contributed by atoms with Crippen LogP contribution in [0, 0.1) is 5.92 Å². The minimum atomic E-state index is -1.72. The molecule has 0 spiro atoms. The maximum absolute atomic E-state index is 12.7. The van der Waals surface area contributed by atoms with Gasteiger partial charge in [0.25, 0.3) is 0 Å². The number of aliphatic carboxylic acids is 1. The summed E-state index contributed by atoms with van der Waals surface area (Å²) in [4.78, 5) is 25.0. The Kier molecular flexibility index (Phi) is 14.4. The van der Waals surface area contributed by atoms with Crippen LogP contribution in [-0.2, 0) is 33.2 Å². The van der Waals surface area contributed by atoms with Gasteiger partial charge in [0.2, 0.25) is 0 Å². The van der Waals surface area contributed by atoms with Crippen LogP contribution >= 0.6 is 0 Å². The van der Waals surface area contributed by atoms with Crippen LogP contribution in [0.2, 0.25) is 0 Å². The summed E-state index contributed by atoms with van der Waals surface area (Å²) in [7, 11) is 0. The highest BCUT2D eigenvalue weighted by molar-refractivity contribution is 5.89. The third-order valence-electron chi connectivity index (χ3n) is 10.1. The zero-order valence-corrected chi connectivity index (χ0v) is 28.5. The molecule has 1 aliphatic carbocycles. The molecule has 1 aromatic carbocycles. The Balaban J connectivity index is 1.33. The minimum Gasteiger partial charge on any atom is -0.479 e. The van der Waals surface area contributed by atoms with E-state index in [0.29, 0.717) is 5.69 Å². The first-order chi connectivity index (χ1) is 24.5. The van der Waals surface area contributed by atoms with Crippen molar-refractivity contribution in [1.29, 1.82) is 0 Å². The van der Waals surface area contributed by atoms with Crippen LogP contribution in [0.1, 0.15) is 51.9 Å². The van der Waals surface area contributed by atoms with Crippen molar-refractivity contribution in [3.8, 4) is 0 Å². The number of aliphatic hydroxyl groups excluding tert-OH is 6. The summed E-state index contributed by atoms with van der Waals surface area (Å²) in [6.45, 7) is 0.733. The van der Waals surface area contributed by atoms with Crippen molar-refractivity contribution >= 4 is 17.7 Å². The van der Waals surface area contributed by atoms with Crippen molar-refractivity contribution in [3.63, 3.8) is 0 Å². The van der Waals surface area contributed by atoms with E-state index < -0.39 is 104 Å². The lowest BCUT2D eigenvalue weighted by atomic mass is 9.85. The zero-order chi connectivity index (χ0) is 36.7. The van der Waals surface area contributed by atoms with Crippen LogP contribution in [0.5, 0.6) is 0 Å². The molecule has 14 atom stereocenters. The molecule has 2 amide bonds. The summed E-state index contributed by atoms with van der Waals surface area (Å²) >= 11 is 0. The summed E-state index contributed by atoms with van der Waals surface area (Å²) in [6.07, 6.45) is -14.2. The molecule has 4 aliphatic rings. The van der Waals surface area contributed by atoms with Gasteiger partial charge >= 0.3 is 12.0 Å². The van der Waals surface area contributed by atoms with Gasteiger partial charge in [-0.25, -0.2) is 9.59 Å². The number of benzene rings is 1. The number of hydrogen-bond acceptors (Lipinski definition) is 14. The number of carboxylic acid groups (broad SMARTS) is 1. The number of para-hydroxylation sites is 1. The lowest BCUT2D eigenvalue weighted by molar-refractivity contribution is -0.355. The van der Waals surface area contributed by atoms with Crippen LogP contribution < -0.4 is 10.6 Å². The number of urea groups is 1. The fourth-order valence-corrected chi connectivity index (χ4v) is 7.13. The van der Waals surface area contributed by atoms with Crippen molar-refractivity contribution < 1.29 is 73.8 Å². The van der Waals surface area contributed by atoms with Crippen molar-refractivity contribution in [3.05, 3.63) is 30.3 Å². The number of aliphatic hydroxyl groups is 6. The Hall–Kier alpha value is -2.52. The highest BCUT2D eigenvalue weighted by atomic mass is 16.7. The molecule has 4 fully saturated rings. The van der Waals surface area contributed by atoms with Gasteiger partial charge in [-0.1, -0.05) is 50.3 Å². The van der Waals surface area contributed by atoms with Crippen LogP contribution in [0.25, 0.3) is 0 Å². The molecule has 17 nitrogen and oxygen atoms in total. The Morgan fingerprint density at radius 1 is 0.843 bits per heavy atom. The number of hydrogen-bond donors (Lipinski definition) is 9. The molecule has 1 saturated carbocycles. The monoisotopic (exact) mass is 728 g/mol. The summed E-state index contributed by atoms with van der Waals surface area (Å²) in [6, 6.07) is 8.15. The molecule has 0 radical (unpaired) electrons. The van der Waals surface area contributed by atoms with E-state index in [0.717, 1.165) is 32.1 Å². The average Bonchev–Trinajstić information content (AvgIpc) is 3.12. The predicted octanol–water partition coefficient (Wildman–Crippen LogP) is -0.557. The quantitative estimate of drug-likeness (QED) is 0.123. The lowest BCUT2D eigenvalue weighted by Gasteiger charge is -2.47. The smallest absolute Gasteiger partial charge is 0.332 e. The van der Waals surface area contributed by atoms with E-state index in [4.69, 9.17) is 28.4 Å². The lowest BCUT2D eigenvalue weighted by Crippen LogP contribution is -2.64.